The first-order chi connectivity index (χ1) is 10.1. The van der Waals surface area contributed by atoms with E-state index in [9.17, 15) is 9.18 Å². The van der Waals surface area contributed by atoms with Crippen LogP contribution in [0.5, 0.6) is 0 Å². The predicted molar refractivity (Wildman–Crippen MR) is 87.3 cm³/mol. The van der Waals surface area contributed by atoms with Crippen molar-refractivity contribution in [3.8, 4) is 0 Å². The van der Waals surface area contributed by atoms with Gasteiger partial charge in [-0.3, -0.25) is 0 Å². The molecule has 0 heterocycles. The molecular formula is C15H12FNO2S2. The number of hydrogen-bond acceptors (Lipinski definition) is 3. The summed E-state index contributed by atoms with van der Waals surface area (Å²) in [6.07, 6.45) is 0. The summed E-state index contributed by atoms with van der Waals surface area (Å²) in [7, 11) is 0. The van der Waals surface area contributed by atoms with Gasteiger partial charge in [0.15, 0.2) is 0 Å². The van der Waals surface area contributed by atoms with Crippen LogP contribution in [0.25, 0.3) is 0 Å². The molecule has 2 aromatic rings. The normalized spacial score (nSPS) is 10.1. The first-order valence-electron chi connectivity index (χ1n) is 6.07. The molecule has 0 saturated heterocycles. The van der Waals surface area contributed by atoms with Gasteiger partial charge >= 0.3 is 5.97 Å². The van der Waals surface area contributed by atoms with Gasteiger partial charge in [-0.15, -0.1) is 0 Å². The van der Waals surface area contributed by atoms with Crippen molar-refractivity contribution >= 4 is 40.0 Å². The van der Waals surface area contributed by atoms with Crippen LogP contribution in [-0.4, -0.2) is 15.4 Å². The van der Waals surface area contributed by atoms with Gasteiger partial charge in [0.2, 0.25) is 0 Å². The number of thioether (sulfide) groups is 1. The summed E-state index contributed by atoms with van der Waals surface area (Å²) in [5.74, 6) is -0.703. The molecular weight excluding hydrogens is 309 g/mol. The summed E-state index contributed by atoms with van der Waals surface area (Å²) in [5.41, 5.74) is 1.57. The van der Waals surface area contributed by atoms with Gasteiger partial charge in [-0.05, 0) is 29.8 Å². The van der Waals surface area contributed by atoms with Gasteiger partial charge in [-0.2, -0.15) is 0 Å². The minimum atomic E-state index is -1.01. The third kappa shape index (κ3) is 4.54. The highest BCUT2D eigenvalue weighted by molar-refractivity contribution is 8.22. The van der Waals surface area contributed by atoms with Crippen molar-refractivity contribution in [2.45, 2.75) is 5.75 Å². The molecule has 0 aliphatic heterocycles. The Morgan fingerprint density at radius 3 is 2.52 bits per heavy atom. The molecule has 0 radical (unpaired) electrons. The van der Waals surface area contributed by atoms with Gasteiger partial charge in [-0.1, -0.05) is 48.2 Å². The average Bonchev–Trinajstić information content (AvgIpc) is 2.47. The Kier molecular flexibility index (Phi) is 5.30. The van der Waals surface area contributed by atoms with Gasteiger partial charge < -0.3 is 10.4 Å². The maximum absolute atomic E-state index is 12.8. The summed E-state index contributed by atoms with van der Waals surface area (Å²) in [5, 5.41) is 12.0. The van der Waals surface area contributed by atoms with Crippen molar-refractivity contribution in [2.24, 2.45) is 0 Å². The number of thiocarbonyl (C=S) groups is 1. The van der Waals surface area contributed by atoms with Crippen molar-refractivity contribution in [1.29, 1.82) is 0 Å². The highest BCUT2D eigenvalue weighted by atomic mass is 32.2. The van der Waals surface area contributed by atoms with E-state index in [0.717, 1.165) is 5.56 Å². The van der Waals surface area contributed by atoms with E-state index in [1.54, 1.807) is 30.3 Å². The predicted octanol–water partition coefficient (Wildman–Crippen LogP) is 4.15. The van der Waals surface area contributed by atoms with Crippen molar-refractivity contribution < 1.29 is 14.3 Å². The van der Waals surface area contributed by atoms with Gasteiger partial charge in [0.1, 0.15) is 10.1 Å². The number of nitrogens with one attached hydrogen (secondary N) is 1. The molecule has 6 heteroatoms. The third-order valence-electron chi connectivity index (χ3n) is 2.68. The fourth-order valence-electron chi connectivity index (χ4n) is 1.65. The molecule has 0 spiro atoms. The molecule has 0 aromatic heterocycles. The Labute approximate surface area is 131 Å². The maximum atomic E-state index is 12.8. The highest BCUT2D eigenvalue weighted by Crippen LogP contribution is 2.20. The van der Waals surface area contributed by atoms with Crippen LogP contribution in [0.3, 0.4) is 0 Å². The van der Waals surface area contributed by atoms with Crippen molar-refractivity contribution in [2.75, 3.05) is 5.32 Å². The minimum Gasteiger partial charge on any atom is -0.478 e. The Balaban J connectivity index is 1.96. The van der Waals surface area contributed by atoms with Crippen molar-refractivity contribution in [1.82, 2.24) is 0 Å². The van der Waals surface area contributed by atoms with E-state index < -0.39 is 5.97 Å². The molecule has 2 rings (SSSR count). The van der Waals surface area contributed by atoms with Gasteiger partial charge in [-0.25, -0.2) is 9.18 Å². The molecule has 0 bridgehead atoms. The van der Waals surface area contributed by atoms with E-state index in [2.05, 4.69) is 5.32 Å². The third-order valence-corrected chi connectivity index (χ3v) is 3.97. The van der Waals surface area contributed by atoms with Crippen LogP contribution in [0.4, 0.5) is 10.1 Å². The van der Waals surface area contributed by atoms with Crippen LogP contribution in [0.15, 0.2) is 48.5 Å². The quantitative estimate of drug-likeness (QED) is 0.828. The van der Waals surface area contributed by atoms with Crippen LogP contribution in [-0.2, 0) is 5.75 Å². The van der Waals surface area contributed by atoms with E-state index in [-0.39, 0.29) is 11.4 Å². The Hall–Kier alpha value is -1.92. The topological polar surface area (TPSA) is 49.3 Å². The lowest BCUT2D eigenvalue weighted by Crippen LogP contribution is -2.09. The molecule has 2 aromatic carbocycles. The monoisotopic (exact) mass is 321 g/mol. The summed E-state index contributed by atoms with van der Waals surface area (Å²) in [4.78, 5) is 11.1. The summed E-state index contributed by atoms with van der Waals surface area (Å²) in [6.45, 7) is 0. The Morgan fingerprint density at radius 1 is 1.19 bits per heavy atom. The lowest BCUT2D eigenvalue weighted by molar-refractivity contribution is 0.0698. The van der Waals surface area contributed by atoms with E-state index in [1.807, 2.05) is 0 Å². The maximum Gasteiger partial charge on any atom is 0.337 e. The fourth-order valence-corrected chi connectivity index (χ4v) is 2.61. The Morgan fingerprint density at radius 2 is 1.86 bits per heavy atom. The molecule has 0 aliphatic rings. The fraction of sp³-hybridized carbons (Fsp3) is 0.0667. The van der Waals surface area contributed by atoms with Crippen molar-refractivity contribution in [3.05, 3.63) is 65.5 Å². The second-order valence-electron chi connectivity index (χ2n) is 4.18. The van der Waals surface area contributed by atoms with Crippen LogP contribution in [0.1, 0.15) is 15.9 Å². The summed E-state index contributed by atoms with van der Waals surface area (Å²) >= 11 is 6.55. The number of halogens is 1. The summed E-state index contributed by atoms with van der Waals surface area (Å²) in [6, 6.07) is 12.7. The molecule has 0 fully saturated rings. The number of para-hydroxylation sites is 1. The number of rotatable bonds is 4. The van der Waals surface area contributed by atoms with E-state index in [4.69, 9.17) is 17.3 Å². The number of anilines is 1. The first-order valence-corrected chi connectivity index (χ1v) is 7.46. The van der Waals surface area contributed by atoms with Crippen LogP contribution in [0, 0.1) is 5.82 Å². The van der Waals surface area contributed by atoms with Crippen molar-refractivity contribution in [3.63, 3.8) is 0 Å². The molecule has 0 saturated carbocycles. The molecule has 21 heavy (non-hydrogen) atoms. The number of carboxylic acids is 1. The largest absolute Gasteiger partial charge is 0.478 e. The Bertz CT molecular complexity index is 659. The lowest BCUT2D eigenvalue weighted by atomic mass is 10.2. The molecule has 3 nitrogen and oxygen atoms in total. The van der Waals surface area contributed by atoms with Crippen LogP contribution >= 0.6 is 24.0 Å². The number of carbonyl (C=O) groups is 1. The van der Waals surface area contributed by atoms with Gasteiger partial charge in [0.05, 0.1) is 11.3 Å². The molecule has 0 aliphatic carbocycles. The number of aromatic carboxylic acids is 1. The minimum absolute atomic E-state index is 0.169. The molecule has 0 unspecified atom stereocenters. The van der Waals surface area contributed by atoms with Crippen LogP contribution in [0.2, 0.25) is 0 Å². The lowest BCUT2D eigenvalue weighted by Gasteiger charge is -2.10. The SMILES string of the molecule is O=C(O)c1ccccc1NC(=S)SCc1ccc(F)cc1. The average molecular weight is 321 g/mol. The van der Waals surface area contributed by atoms with E-state index in [0.29, 0.717) is 15.8 Å². The number of hydrogen-bond donors (Lipinski definition) is 2. The standard InChI is InChI=1S/C15H12FNO2S2/c16-11-7-5-10(6-8-11)9-21-15(20)17-13-4-2-1-3-12(13)14(18)19/h1-8H,9H2,(H,17,20)(H,18,19). The van der Waals surface area contributed by atoms with Gasteiger partial charge in [0, 0.05) is 5.75 Å². The zero-order valence-corrected chi connectivity index (χ0v) is 12.5. The molecule has 108 valence electrons. The highest BCUT2D eigenvalue weighted by Gasteiger charge is 2.10. The smallest absolute Gasteiger partial charge is 0.337 e. The second kappa shape index (κ2) is 7.19. The van der Waals surface area contributed by atoms with Gasteiger partial charge in [0.25, 0.3) is 0 Å². The van der Waals surface area contributed by atoms with E-state index >= 15 is 0 Å². The van der Waals surface area contributed by atoms with E-state index in [1.165, 1.54) is 30.0 Å². The zero-order chi connectivity index (χ0) is 15.2. The molecule has 0 atom stereocenters. The summed E-state index contributed by atoms with van der Waals surface area (Å²) < 4.78 is 13.3. The molecule has 2 N–H and O–H groups in total. The first kappa shape index (κ1) is 15.5. The number of benzene rings is 2. The molecule has 0 amide bonds. The van der Waals surface area contributed by atoms with Crippen LogP contribution < -0.4 is 5.32 Å². The number of carboxylic acid groups (broad SMARTS) is 1. The zero-order valence-electron chi connectivity index (χ0n) is 10.9. The second-order valence-corrected chi connectivity index (χ2v) is 5.83.